The lowest BCUT2D eigenvalue weighted by molar-refractivity contribution is 0.437. The van der Waals surface area contributed by atoms with E-state index in [1.165, 1.54) is 0 Å². The molecule has 0 aliphatic rings. The van der Waals surface area contributed by atoms with Crippen LogP contribution in [0.15, 0.2) is 33.7 Å². The molecule has 17 heavy (non-hydrogen) atoms. The summed E-state index contributed by atoms with van der Waals surface area (Å²) in [6.45, 7) is 4.16. The zero-order chi connectivity index (χ0) is 12.3. The first-order chi connectivity index (χ1) is 8.20. The van der Waals surface area contributed by atoms with Gasteiger partial charge in [0.25, 0.3) is 0 Å². The van der Waals surface area contributed by atoms with Gasteiger partial charge in [0.2, 0.25) is 0 Å². The Hall–Kier alpha value is -1.75. The molecule has 1 N–H and O–H groups in total. The number of aromatic nitrogens is 2. The average Bonchev–Trinajstić information content (AvgIpc) is 2.89. The van der Waals surface area contributed by atoms with Crippen LogP contribution in [0.25, 0.3) is 0 Å². The van der Waals surface area contributed by atoms with E-state index in [0.717, 1.165) is 24.6 Å². The smallest absolute Gasteiger partial charge is 0.328 e. The molecule has 5 nitrogen and oxygen atoms in total. The third-order valence-corrected chi connectivity index (χ3v) is 2.61. The Morgan fingerprint density at radius 3 is 2.71 bits per heavy atom. The van der Waals surface area contributed by atoms with Crippen LogP contribution in [0, 0.1) is 0 Å². The van der Waals surface area contributed by atoms with Crippen LogP contribution in [0.2, 0.25) is 0 Å². The number of hydrogen-bond acceptors (Lipinski definition) is 3. The summed E-state index contributed by atoms with van der Waals surface area (Å²) in [6.07, 6.45) is 3.50. The molecule has 0 unspecified atom stereocenters. The first-order valence-corrected chi connectivity index (χ1v) is 5.70. The predicted molar refractivity (Wildman–Crippen MR) is 64.9 cm³/mol. The van der Waals surface area contributed by atoms with Gasteiger partial charge in [-0.05, 0) is 18.7 Å². The van der Waals surface area contributed by atoms with Gasteiger partial charge in [0.1, 0.15) is 11.5 Å². The Labute approximate surface area is 99.7 Å². The summed E-state index contributed by atoms with van der Waals surface area (Å²) < 4.78 is 8.79. The molecule has 2 heterocycles. The van der Waals surface area contributed by atoms with E-state index in [4.69, 9.17) is 4.42 Å². The van der Waals surface area contributed by atoms with Gasteiger partial charge in [0.05, 0.1) is 13.1 Å². The molecule has 0 aliphatic carbocycles. The van der Waals surface area contributed by atoms with Gasteiger partial charge in [-0.1, -0.05) is 6.92 Å². The SMILES string of the molecule is CCNCc1ccc(Cn2ccn(C)c2=O)o1. The Morgan fingerprint density at radius 1 is 1.29 bits per heavy atom. The fourth-order valence-electron chi connectivity index (χ4n) is 1.65. The van der Waals surface area contributed by atoms with E-state index in [-0.39, 0.29) is 5.69 Å². The summed E-state index contributed by atoms with van der Waals surface area (Å²) in [5.41, 5.74) is -0.0327. The van der Waals surface area contributed by atoms with Crippen LogP contribution in [-0.2, 0) is 20.1 Å². The molecule has 2 aromatic rings. The van der Waals surface area contributed by atoms with Gasteiger partial charge in [0, 0.05) is 19.4 Å². The van der Waals surface area contributed by atoms with E-state index in [1.807, 2.05) is 19.1 Å². The van der Waals surface area contributed by atoms with Crippen molar-refractivity contribution in [1.29, 1.82) is 0 Å². The Kier molecular flexibility index (Phi) is 3.49. The van der Waals surface area contributed by atoms with E-state index in [0.29, 0.717) is 6.54 Å². The van der Waals surface area contributed by atoms with E-state index >= 15 is 0 Å². The van der Waals surface area contributed by atoms with Gasteiger partial charge < -0.3 is 14.3 Å². The molecule has 2 rings (SSSR count). The lowest BCUT2D eigenvalue weighted by atomic mass is 10.4. The number of nitrogens with one attached hydrogen (secondary N) is 1. The third kappa shape index (κ3) is 2.68. The summed E-state index contributed by atoms with van der Waals surface area (Å²) in [5.74, 6) is 1.69. The number of furan rings is 1. The molecule has 0 atom stereocenters. The number of aryl methyl sites for hydroxylation is 1. The Morgan fingerprint density at radius 2 is 2.06 bits per heavy atom. The monoisotopic (exact) mass is 235 g/mol. The fourth-order valence-corrected chi connectivity index (χ4v) is 1.65. The zero-order valence-electron chi connectivity index (χ0n) is 10.1. The van der Waals surface area contributed by atoms with Crippen molar-refractivity contribution in [3.63, 3.8) is 0 Å². The first-order valence-electron chi connectivity index (χ1n) is 5.70. The lowest BCUT2D eigenvalue weighted by Crippen LogP contribution is -2.22. The summed E-state index contributed by atoms with van der Waals surface area (Å²) in [4.78, 5) is 11.6. The normalized spacial score (nSPS) is 10.9. The van der Waals surface area contributed by atoms with Crippen LogP contribution < -0.4 is 11.0 Å². The quantitative estimate of drug-likeness (QED) is 0.839. The van der Waals surface area contributed by atoms with Gasteiger partial charge in [-0.3, -0.25) is 4.57 Å². The van der Waals surface area contributed by atoms with Crippen LogP contribution in [-0.4, -0.2) is 15.7 Å². The molecule has 5 heteroatoms. The predicted octanol–water partition coefficient (Wildman–Crippen LogP) is 0.938. The number of rotatable bonds is 5. The van der Waals surface area contributed by atoms with Crippen molar-refractivity contribution in [2.45, 2.75) is 20.0 Å². The standard InChI is InChI=1S/C12H17N3O2/c1-3-13-8-10-4-5-11(17-10)9-15-7-6-14(2)12(15)16/h4-7,13H,3,8-9H2,1-2H3. The molecule has 0 spiro atoms. The highest BCUT2D eigenvalue weighted by molar-refractivity contribution is 5.07. The molecule has 0 saturated heterocycles. The van der Waals surface area contributed by atoms with Crippen LogP contribution in [0.3, 0.4) is 0 Å². The molecule has 2 aromatic heterocycles. The van der Waals surface area contributed by atoms with Gasteiger partial charge in [-0.25, -0.2) is 4.79 Å². The Balaban J connectivity index is 2.06. The third-order valence-electron chi connectivity index (χ3n) is 2.61. The average molecular weight is 235 g/mol. The van der Waals surface area contributed by atoms with Crippen molar-refractivity contribution in [3.8, 4) is 0 Å². The topological polar surface area (TPSA) is 52.1 Å². The summed E-state index contributed by atoms with van der Waals surface area (Å²) in [5, 5.41) is 3.19. The van der Waals surface area contributed by atoms with Crippen LogP contribution in [0.5, 0.6) is 0 Å². The molecule has 0 radical (unpaired) electrons. The van der Waals surface area contributed by atoms with E-state index in [2.05, 4.69) is 5.32 Å². The van der Waals surface area contributed by atoms with Gasteiger partial charge in [-0.15, -0.1) is 0 Å². The summed E-state index contributed by atoms with van der Waals surface area (Å²) >= 11 is 0. The zero-order valence-corrected chi connectivity index (χ0v) is 10.1. The van der Waals surface area contributed by atoms with Crippen molar-refractivity contribution in [2.75, 3.05) is 6.54 Å². The largest absolute Gasteiger partial charge is 0.463 e. The molecule has 0 amide bonds. The molecule has 92 valence electrons. The molecule has 0 aromatic carbocycles. The molecule has 0 fully saturated rings. The number of nitrogens with zero attached hydrogens (tertiary/aromatic N) is 2. The van der Waals surface area contributed by atoms with Crippen molar-refractivity contribution in [3.05, 3.63) is 46.5 Å². The van der Waals surface area contributed by atoms with E-state index in [9.17, 15) is 4.79 Å². The van der Waals surface area contributed by atoms with Crippen molar-refractivity contribution < 1.29 is 4.42 Å². The second-order valence-electron chi connectivity index (χ2n) is 3.97. The van der Waals surface area contributed by atoms with Crippen molar-refractivity contribution >= 4 is 0 Å². The Bertz CT molecular complexity index is 536. The molecular weight excluding hydrogens is 218 g/mol. The second kappa shape index (κ2) is 5.05. The fraction of sp³-hybridized carbons (Fsp3) is 0.417. The maximum atomic E-state index is 11.6. The highest BCUT2D eigenvalue weighted by atomic mass is 16.3. The maximum Gasteiger partial charge on any atom is 0.328 e. The number of imidazole rings is 1. The minimum absolute atomic E-state index is 0.0327. The van der Waals surface area contributed by atoms with Crippen LogP contribution in [0.1, 0.15) is 18.4 Å². The highest BCUT2D eigenvalue weighted by Gasteiger charge is 2.05. The van der Waals surface area contributed by atoms with Crippen molar-refractivity contribution in [2.24, 2.45) is 7.05 Å². The van der Waals surface area contributed by atoms with Gasteiger partial charge >= 0.3 is 5.69 Å². The molecule has 0 aliphatic heterocycles. The molecule has 0 bridgehead atoms. The minimum atomic E-state index is -0.0327. The maximum absolute atomic E-state index is 11.6. The number of hydrogen-bond donors (Lipinski definition) is 1. The molecular formula is C12H17N3O2. The van der Waals surface area contributed by atoms with E-state index in [1.54, 1.807) is 28.6 Å². The van der Waals surface area contributed by atoms with E-state index < -0.39 is 0 Å². The lowest BCUT2D eigenvalue weighted by Gasteiger charge is -1.99. The van der Waals surface area contributed by atoms with Crippen molar-refractivity contribution in [1.82, 2.24) is 14.5 Å². The summed E-state index contributed by atoms with van der Waals surface area (Å²) in [7, 11) is 1.73. The highest BCUT2D eigenvalue weighted by Crippen LogP contribution is 2.08. The van der Waals surface area contributed by atoms with Crippen LogP contribution in [0.4, 0.5) is 0 Å². The first kappa shape index (κ1) is 11.7. The minimum Gasteiger partial charge on any atom is -0.463 e. The second-order valence-corrected chi connectivity index (χ2v) is 3.97. The van der Waals surface area contributed by atoms with Crippen LogP contribution >= 0.6 is 0 Å². The van der Waals surface area contributed by atoms with Gasteiger partial charge in [-0.2, -0.15) is 0 Å². The summed E-state index contributed by atoms with van der Waals surface area (Å²) in [6, 6.07) is 3.85. The van der Waals surface area contributed by atoms with Gasteiger partial charge in [0.15, 0.2) is 0 Å². The molecule has 0 saturated carbocycles.